The number of nitrogens with zero attached hydrogens (tertiary/aromatic N) is 1. The van der Waals surface area contributed by atoms with E-state index in [9.17, 15) is 14.7 Å². The number of rotatable bonds is 2. The van der Waals surface area contributed by atoms with E-state index in [0.717, 1.165) is 12.0 Å². The molecule has 1 aromatic rings. The summed E-state index contributed by atoms with van der Waals surface area (Å²) in [7, 11) is 0. The Morgan fingerprint density at radius 1 is 1.43 bits per heavy atom. The fourth-order valence-electron chi connectivity index (χ4n) is 2.53. The predicted molar refractivity (Wildman–Crippen MR) is 81.7 cm³/mol. The van der Waals surface area contributed by atoms with E-state index in [4.69, 9.17) is 11.6 Å². The van der Waals surface area contributed by atoms with Gasteiger partial charge in [0.05, 0.1) is 10.7 Å². The van der Waals surface area contributed by atoms with Gasteiger partial charge in [-0.2, -0.15) is 0 Å². The Morgan fingerprint density at radius 2 is 2.14 bits per heavy atom. The fourth-order valence-corrected chi connectivity index (χ4v) is 2.81. The number of likely N-dealkylation sites (tertiary alicyclic amines) is 1. The number of urea groups is 1. The molecule has 0 aliphatic carbocycles. The number of carboxylic acids is 1. The van der Waals surface area contributed by atoms with Crippen molar-refractivity contribution in [3.05, 3.63) is 28.8 Å². The lowest BCUT2D eigenvalue weighted by atomic mass is 9.93. The first-order chi connectivity index (χ1) is 9.88. The topological polar surface area (TPSA) is 69.6 Å². The third-order valence-corrected chi connectivity index (χ3v) is 4.09. The van der Waals surface area contributed by atoms with Gasteiger partial charge in [0.25, 0.3) is 0 Å². The molecule has 1 aliphatic rings. The third-order valence-electron chi connectivity index (χ3n) is 3.78. The van der Waals surface area contributed by atoms with Crippen molar-refractivity contribution in [3.63, 3.8) is 0 Å². The zero-order valence-corrected chi connectivity index (χ0v) is 12.9. The molecule has 0 spiro atoms. The molecule has 114 valence electrons. The van der Waals surface area contributed by atoms with E-state index in [1.807, 2.05) is 19.9 Å². The highest BCUT2D eigenvalue weighted by Crippen LogP contribution is 2.26. The fraction of sp³-hybridized carbons (Fsp3) is 0.467. The van der Waals surface area contributed by atoms with Crippen molar-refractivity contribution in [2.45, 2.75) is 32.7 Å². The van der Waals surface area contributed by atoms with Crippen LogP contribution >= 0.6 is 11.6 Å². The number of aryl methyl sites for hydroxylation is 1. The van der Waals surface area contributed by atoms with E-state index >= 15 is 0 Å². The van der Waals surface area contributed by atoms with Crippen molar-refractivity contribution in [1.29, 1.82) is 0 Å². The molecule has 1 aromatic carbocycles. The smallest absolute Gasteiger partial charge is 0.326 e. The number of aliphatic carboxylic acids is 1. The molecule has 2 atom stereocenters. The van der Waals surface area contributed by atoms with Crippen LogP contribution in [0, 0.1) is 12.8 Å². The molecule has 1 fully saturated rings. The van der Waals surface area contributed by atoms with E-state index < -0.39 is 18.0 Å². The summed E-state index contributed by atoms with van der Waals surface area (Å²) in [5.41, 5.74) is 1.49. The number of hydrogen-bond acceptors (Lipinski definition) is 2. The number of benzene rings is 1. The molecule has 0 bridgehead atoms. The van der Waals surface area contributed by atoms with Crippen molar-refractivity contribution >= 4 is 29.3 Å². The Labute approximate surface area is 128 Å². The van der Waals surface area contributed by atoms with Gasteiger partial charge in [-0.25, -0.2) is 9.59 Å². The maximum absolute atomic E-state index is 12.3. The summed E-state index contributed by atoms with van der Waals surface area (Å²) in [6.45, 7) is 4.35. The van der Waals surface area contributed by atoms with Crippen LogP contribution in [0.5, 0.6) is 0 Å². The van der Waals surface area contributed by atoms with Crippen LogP contribution in [0.4, 0.5) is 10.5 Å². The van der Waals surface area contributed by atoms with E-state index in [1.165, 1.54) is 4.90 Å². The maximum Gasteiger partial charge on any atom is 0.326 e. The van der Waals surface area contributed by atoms with Crippen molar-refractivity contribution in [1.82, 2.24) is 4.90 Å². The average molecular weight is 311 g/mol. The third kappa shape index (κ3) is 3.67. The molecule has 0 saturated carbocycles. The lowest BCUT2D eigenvalue weighted by Crippen LogP contribution is -2.51. The number of amides is 2. The zero-order chi connectivity index (χ0) is 15.6. The van der Waals surface area contributed by atoms with Crippen molar-refractivity contribution in [2.75, 3.05) is 11.9 Å². The van der Waals surface area contributed by atoms with Gasteiger partial charge in [0.2, 0.25) is 0 Å². The molecule has 2 unspecified atom stereocenters. The van der Waals surface area contributed by atoms with Gasteiger partial charge in [0.1, 0.15) is 6.04 Å². The second-order valence-electron chi connectivity index (χ2n) is 5.59. The van der Waals surface area contributed by atoms with E-state index in [0.29, 0.717) is 29.6 Å². The van der Waals surface area contributed by atoms with E-state index in [2.05, 4.69) is 5.32 Å². The minimum Gasteiger partial charge on any atom is -0.480 e. The number of halogens is 1. The highest BCUT2D eigenvalue weighted by molar-refractivity contribution is 6.33. The highest BCUT2D eigenvalue weighted by Gasteiger charge is 2.34. The van der Waals surface area contributed by atoms with Crippen molar-refractivity contribution < 1.29 is 14.7 Å². The Hall–Kier alpha value is -1.75. The van der Waals surface area contributed by atoms with Gasteiger partial charge in [0.15, 0.2) is 0 Å². The molecule has 5 nitrogen and oxygen atoms in total. The van der Waals surface area contributed by atoms with Crippen LogP contribution in [0.3, 0.4) is 0 Å². The summed E-state index contributed by atoms with van der Waals surface area (Å²) in [6, 6.07) is 4.12. The van der Waals surface area contributed by atoms with Gasteiger partial charge in [-0.3, -0.25) is 0 Å². The summed E-state index contributed by atoms with van der Waals surface area (Å²) in [6.07, 6.45) is 1.28. The monoisotopic (exact) mass is 310 g/mol. The standard InChI is InChI=1S/C15H19ClN2O3/c1-9-3-4-12(11(16)7-9)17-15(21)18-6-5-10(2)8-13(18)14(19)20/h3-4,7,10,13H,5-6,8H2,1-2H3,(H,17,21)(H,19,20). The molecule has 6 heteroatoms. The molecule has 2 amide bonds. The second-order valence-corrected chi connectivity index (χ2v) is 6.00. The minimum absolute atomic E-state index is 0.304. The van der Waals surface area contributed by atoms with Crippen LogP contribution in [0.25, 0.3) is 0 Å². The van der Waals surface area contributed by atoms with Crippen molar-refractivity contribution in [2.24, 2.45) is 5.92 Å². The number of nitrogens with one attached hydrogen (secondary N) is 1. The summed E-state index contributed by atoms with van der Waals surface area (Å²) >= 11 is 6.09. The zero-order valence-electron chi connectivity index (χ0n) is 12.1. The summed E-state index contributed by atoms with van der Waals surface area (Å²) in [4.78, 5) is 25.0. The molecule has 1 saturated heterocycles. The lowest BCUT2D eigenvalue weighted by Gasteiger charge is -2.35. The van der Waals surface area contributed by atoms with Crippen molar-refractivity contribution in [3.8, 4) is 0 Å². The van der Waals surface area contributed by atoms with Gasteiger partial charge in [-0.1, -0.05) is 24.6 Å². The number of anilines is 1. The summed E-state index contributed by atoms with van der Waals surface area (Å²) in [5.74, 6) is -0.662. The molecular weight excluding hydrogens is 292 g/mol. The maximum atomic E-state index is 12.3. The van der Waals surface area contributed by atoms with Crippen LogP contribution in [-0.4, -0.2) is 34.6 Å². The van der Waals surface area contributed by atoms with Gasteiger partial charge >= 0.3 is 12.0 Å². The van der Waals surface area contributed by atoms with Crippen LogP contribution in [0.15, 0.2) is 18.2 Å². The lowest BCUT2D eigenvalue weighted by molar-refractivity contribution is -0.143. The summed E-state index contributed by atoms with van der Waals surface area (Å²) in [5, 5.41) is 12.4. The molecule has 2 rings (SSSR count). The van der Waals surface area contributed by atoms with Crippen LogP contribution < -0.4 is 5.32 Å². The SMILES string of the molecule is Cc1ccc(NC(=O)N2CCC(C)CC2C(=O)O)c(Cl)c1. The number of carboxylic acid groups (broad SMARTS) is 1. The Morgan fingerprint density at radius 3 is 2.76 bits per heavy atom. The summed E-state index contributed by atoms with van der Waals surface area (Å²) < 4.78 is 0. The highest BCUT2D eigenvalue weighted by atomic mass is 35.5. The number of carbonyl (C=O) groups is 2. The molecular formula is C15H19ClN2O3. The van der Waals surface area contributed by atoms with Gasteiger partial charge in [0, 0.05) is 6.54 Å². The first-order valence-electron chi connectivity index (χ1n) is 6.95. The average Bonchev–Trinajstić information content (AvgIpc) is 2.41. The predicted octanol–water partition coefficient (Wildman–Crippen LogP) is 3.37. The molecule has 1 aliphatic heterocycles. The van der Waals surface area contributed by atoms with Crippen LogP contribution in [0.1, 0.15) is 25.3 Å². The first kappa shape index (κ1) is 15.6. The second kappa shape index (κ2) is 6.35. The van der Waals surface area contributed by atoms with Gasteiger partial charge in [-0.15, -0.1) is 0 Å². The number of piperidine rings is 1. The quantitative estimate of drug-likeness (QED) is 0.880. The molecule has 1 heterocycles. The largest absolute Gasteiger partial charge is 0.480 e. The first-order valence-corrected chi connectivity index (χ1v) is 7.33. The molecule has 0 radical (unpaired) electrons. The number of hydrogen-bond donors (Lipinski definition) is 2. The Bertz CT molecular complexity index is 562. The van der Waals surface area contributed by atoms with E-state index in [1.54, 1.807) is 12.1 Å². The van der Waals surface area contributed by atoms with Gasteiger partial charge in [-0.05, 0) is 43.4 Å². The Balaban J connectivity index is 2.13. The molecule has 0 aromatic heterocycles. The van der Waals surface area contributed by atoms with E-state index in [-0.39, 0.29) is 0 Å². The van der Waals surface area contributed by atoms with Crippen LogP contribution in [0.2, 0.25) is 5.02 Å². The van der Waals surface area contributed by atoms with Crippen LogP contribution in [-0.2, 0) is 4.79 Å². The number of carbonyl (C=O) groups excluding carboxylic acids is 1. The molecule has 2 N–H and O–H groups in total. The van der Waals surface area contributed by atoms with Gasteiger partial charge < -0.3 is 15.3 Å². The Kier molecular flexibility index (Phi) is 4.73. The normalized spacial score (nSPS) is 22.0. The molecule has 21 heavy (non-hydrogen) atoms. The minimum atomic E-state index is -0.966.